The Balaban J connectivity index is 3.29. The van der Waals surface area contributed by atoms with Gasteiger partial charge in [0.05, 0.1) is 0 Å². The zero-order chi connectivity index (χ0) is 8.65. The molecule has 0 spiro atoms. The van der Waals surface area contributed by atoms with E-state index in [-0.39, 0.29) is 11.3 Å². The maximum absolute atomic E-state index is 12.2. The van der Waals surface area contributed by atoms with E-state index >= 15 is 0 Å². The van der Waals surface area contributed by atoms with Crippen molar-refractivity contribution >= 4 is 31.1 Å². The first-order valence-corrected chi connectivity index (χ1v) is 5.43. The largest absolute Gasteiger partial charge is 0.270 e. The Morgan fingerprint density at radius 1 is 1.45 bits per heavy atom. The predicted octanol–water partition coefficient (Wildman–Crippen LogP) is 1.95. The van der Waals surface area contributed by atoms with Gasteiger partial charge in [0.2, 0.25) is 5.13 Å². The van der Waals surface area contributed by atoms with Crippen LogP contribution in [0.1, 0.15) is 0 Å². The maximum Gasteiger partial charge on any atom is 0.270 e. The van der Waals surface area contributed by atoms with Gasteiger partial charge in [0.1, 0.15) is 4.21 Å². The molecule has 1 aromatic rings. The minimum atomic E-state index is -3.99. The van der Waals surface area contributed by atoms with Crippen molar-refractivity contribution in [1.82, 2.24) is 0 Å². The van der Waals surface area contributed by atoms with Crippen LogP contribution in [0, 0.1) is 10.9 Å². The number of hydrogen-bond acceptors (Lipinski definition) is 3. The lowest BCUT2D eigenvalue weighted by atomic mass is 10.6. The van der Waals surface area contributed by atoms with E-state index < -0.39 is 24.2 Å². The fourth-order valence-electron chi connectivity index (χ4n) is 0.447. The molecule has 1 rings (SSSR count). The molecule has 11 heavy (non-hydrogen) atoms. The molecule has 0 N–H and O–H groups in total. The van der Waals surface area contributed by atoms with Gasteiger partial charge in [-0.2, -0.15) is 4.39 Å². The molecule has 0 saturated heterocycles. The van der Waals surface area contributed by atoms with E-state index in [4.69, 9.17) is 10.7 Å². The van der Waals surface area contributed by atoms with Crippen LogP contribution >= 0.6 is 22.0 Å². The van der Waals surface area contributed by atoms with Gasteiger partial charge < -0.3 is 0 Å². The van der Waals surface area contributed by atoms with Crippen molar-refractivity contribution in [2.24, 2.45) is 0 Å². The van der Waals surface area contributed by atoms with Crippen molar-refractivity contribution < 1.29 is 17.2 Å². The normalized spacial score (nSPS) is 11.9. The molecule has 0 fully saturated rings. The van der Waals surface area contributed by atoms with Crippen molar-refractivity contribution in [2.45, 2.75) is 4.21 Å². The number of hydrogen-bond donors (Lipinski definition) is 0. The first kappa shape index (κ1) is 8.89. The van der Waals surface area contributed by atoms with Crippen LogP contribution < -0.4 is 0 Å². The van der Waals surface area contributed by atoms with Crippen LogP contribution in [-0.2, 0) is 9.05 Å². The van der Waals surface area contributed by atoms with Gasteiger partial charge in [-0.3, -0.25) is 0 Å². The Kier molecular flexibility index (Phi) is 2.17. The first-order valence-electron chi connectivity index (χ1n) is 2.31. The van der Waals surface area contributed by atoms with E-state index in [1.165, 1.54) is 0 Å². The second-order valence-electron chi connectivity index (χ2n) is 1.62. The molecule has 1 heterocycles. The van der Waals surface area contributed by atoms with Crippen molar-refractivity contribution in [3.63, 3.8) is 0 Å². The van der Waals surface area contributed by atoms with Crippen LogP contribution in [0.15, 0.2) is 10.3 Å². The molecule has 0 unspecified atom stereocenters. The lowest BCUT2D eigenvalue weighted by Gasteiger charge is -1.82. The van der Waals surface area contributed by atoms with Crippen LogP contribution in [0.2, 0.25) is 0 Å². The van der Waals surface area contributed by atoms with Gasteiger partial charge in [-0.1, -0.05) is 11.3 Å². The van der Waals surface area contributed by atoms with Crippen LogP contribution in [0.5, 0.6) is 0 Å². The topological polar surface area (TPSA) is 34.1 Å². The Bertz CT molecular complexity index is 350. The van der Waals surface area contributed by atoms with E-state index in [1.807, 2.05) is 0 Å². The minimum Gasteiger partial charge on any atom is -0.206 e. The molecular formula is C4HClF2O2S2. The van der Waals surface area contributed by atoms with Crippen molar-refractivity contribution in [1.29, 1.82) is 0 Å². The average molecular weight is 219 g/mol. The molecule has 0 radical (unpaired) electrons. The third kappa shape index (κ3) is 1.88. The molecule has 0 aromatic carbocycles. The summed E-state index contributed by atoms with van der Waals surface area (Å²) in [4.78, 5) is 0. The number of rotatable bonds is 1. The lowest BCUT2D eigenvalue weighted by Crippen LogP contribution is -1.83. The second-order valence-corrected chi connectivity index (χ2v) is 5.42. The minimum absolute atomic E-state index is 0.160. The van der Waals surface area contributed by atoms with Gasteiger partial charge >= 0.3 is 0 Å². The Morgan fingerprint density at radius 3 is 2.18 bits per heavy atom. The Morgan fingerprint density at radius 2 is 2.00 bits per heavy atom. The molecule has 7 heteroatoms. The van der Waals surface area contributed by atoms with Gasteiger partial charge in [0.25, 0.3) is 9.05 Å². The number of halogens is 3. The summed E-state index contributed by atoms with van der Waals surface area (Å²) in [6.45, 7) is 0. The van der Waals surface area contributed by atoms with Gasteiger partial charge in [-0.15, -0.1) is 0 Å². The van der Waals surface area contributed by atoms with E-state index in [0.717, 1.165) is 0 Å². The highest BCUT2D eigenvalue weighted by atomic mass is 35.7. The number of thiophene rings is 1. The van der Waals surface area contributed by atoms with Crippen molar-refractivity contribution in [2.75, 3.05) is 0 Å². The van der Waals surface area contributed by atoms with Crippen LogP contribution in [0.4, 0.5) is 8.78 Å². The van der Waals surface area contributed by atoms with E-state index in [2.05, 4.69) is 0 Å². The summed E-state index contributed by atoms with van der Waals surface area (Å²) in [5, 5.41) is -1.18. The summed E-state index contributed by atoms with van der Waals surface area (Å²) in [6, 6.07) is 0.544. The van der Waals surface area contributed by atoms with Crippen molar-refractivity contribution in [3.8, 4) is 0 Å². The molecule has 2 nitrogen and oxygen atoms in total. The van der Waals surface area contributed by atoms with E-state index in [9.17, 15) is 17.2 Å². The zero-order valence-corrected chi connectivity index (χ0v) is 7.23. The monoisotopic (exact) mass is 218 g/mol. The molecule has 0 amide bonds. The molecule has 1 aromatic heterocycles. The first-order chi connectivity index (χ1) is 4.91. The Hall–Kier alpha value is -0.200. The molecule has 62 valence electrons. The third-order valence-corrected chi connectivity index (χ3v) is 3.84. The van der Waals surface area contributed by atoms with Crippen molar-refractivity contribution in [3.05, 3.63) is 17.0 Å². The Labute approximate surface area is 69.8 Å². The summed E-state index contributed by atoms with van der Waals surface area (Å²) in [5.41, 5.74) is 0. The highest BCUT2D eigenvalue weighted by Crippen LogP contribution is 2.26. The molecule has 0 aliphatic rings. The quantitative estimate of drug-likeness (QED) is 0.676. The van der Waals surface area contributed by atoms with Gasteiger partial charge in [-0.05, 0) is 0 Å². The lowest BCUT2D eigenvalue weighted by molar-refractivity contribution is 0.530. The molecule has 0 atom stereocenters. The smallest absolute Gasteiger partial charge is 0.206 e. The van der Waals surface area contributed by atoms with Gasteiger partial charge in [-0.25, -0.2) is 12.8 Å². The van der Waals surface area contributed by atoms with Gasteiger partial charge in [0, 0.05) is 16.7 Å². The highest BCUT2D eigenvalue weighted by Gasteiger charge is 2.17. The summed E-state index contributed by atoms with van der Waals surface area (Å²) >= 11 is 0.160. The fourth-order valence-corrected chi connectivity index (χ4v) is 2.22. The molecule has 0 bridgehead atoms. The third-order valence-electron chi connectivity index (χ3n) is 0.863. The molecular weight excluding hydrogens is 218 g/mol. The highest BCUT2D eigenvalue weighted by molar-refractivity contribution is 8.15. The summed E-state index contributed by atoms with van der Waals surface area (Å²) in [7, 11) is 0.799. The predicted molar refractivity (Wildman–Crippen MR) is 37.3 cm³/mol. The summed E-state index contributed by atoms with van der Waals surface area (Å²) < 4.78 is 44.7. The SMILES string of the molecule is O=S(=O)(Cl)c1cc(F)c(F)s1. The standard InChI is InChI=1S/C4HClF2O2S2/c5-11(8,9)3-1-2(6)4(7)10-3/h1H. The maximum atomic E-state index is 12.2. The fraction of sp³-hybridized carbons (Fsp3) is 0. The molecule has 0 saturated carbocycles. The van der Waals surface area contributed by atoms with E-state index in [1.54, 1.807) is 0 Å². The van der Waals surface area contributed by atoms with Gasteiger partial charge in [0.15, 0.2) is 5.82 Å². The van der Waals surface area contributed by atoms with Crippen LogP contribution in [-0.4, -0.2) is 8.42 Å². The average Bonchev–Trinajstić information content (AvgIpc) is 2.11. The molecule has 0 aliphatic carbocycles. The second kappa shape index (κ2) is 2.69. The van der Waals surface area contributed by atoms with E-state index in [0.29, 0.717) is 6.07 Å². The molecule has 0 aliphatic heterocycles. The summed E-state index contributed by atoms with van der Waals surface area (Å²) in [6.07, 6.45) is 0. The van der Waals surface area contributed by atoms with Crippen LogP contribution in [0.3, 0.4) is 0 Å². The zero-order valence-electron chi connectivity index (χ0n) is 4.84. The summed E-state index contributed by atoms with van der Waals surface area (Å²) in [5.74, 6) is -1.20. The van der Waals surface area contributed by atoms with Crippen LogP contribution in [0.25, 0.3) is 0 Å².